The van der Waals surface area contributed by atoms with E-state index < -0.39 is 4.92 Å². The van der Waals surface area contributed by atoms with Crippen molar-refractivity contribution < 1.29 is 9.72 Å². The molecule has 0 radical (unpaired) electrons. The molecule has 0 saturated carbocycles. The molecule has 1 fully saturated rings. The molecule has 1 saturated heterocycles. The molecule has 0 unspecified atom stereocenters. The van der Waals surface area contributed by atoms with Crippen LogP contribution in [0.4, 0.5) is 11.4 Å². The molecule has 0 aliphatic carbocycles. The summed E-state index contributed by atoms with van der Waals surface area (Å²) < 4.78 is 0. The predicted molar refractivity (Wildman–Crippen MR) is 84.8 cm³/mol. The summed E-state index contributed by atoms with van der Waals surface area (Å²) in [5.41, 5.74) is 1.37. The highest BCUT2D eigenvalue weighted by atomic mass is 32.2. The number of anilines is 1. The molecule has 2 N–H and O–H groups in total. The summed E-state index contributed by atoms with van der Waals surface area (Å²) in [6.45, 7) is 3.78. The SMILES string of the molecule is Cc1cc([N+](=O)[O-])ccc1NC(=O)CSC1CCNCC1. The number of aryl methyl sites for hydroxylation is 1. The average Bonchev–Trinajstić information content (AvgIpc) is 2.48. The Hall–Kier alpha value is -1.60. The number of nitrogens with one attached hydrogen (secondary N) is 2. The van der Waals surface area contributed by atoms with Crippen LogP contribution in [0.2, 0.25) is 0 Å². The van der Waals surface area contributed by atoms with Crippen LogP contribution >= 0.6 is 11.8 Å². The van der Waals surface area contributed by atoms with Gasteiger partial charge >= 0.3 is 0 Å². The number of hydrogen-bond acceptors (Lipinski definition) is 5. The molecular weight excluding hydrogens is 290 g/mol. The van der Waals surface area contributed by atoms with Crippen LogP contribution in [0.1, 0.15) is 18.4 Å². The summed E-state index contributed by atoms with van der Waals surface area (Å²) in [5, 5.41) is 17.3. The Kier molecular flexibility index (Phi) is 5.58. The molecule has 0 atom stereocenters. The van der Waals surface area contributed by atoms with E-state index in [4.69, 9.17) is 0 Å². The summed E-state index contributed by atoms with van der Waals surface area (Å²) in [4.78, 5) is 22.2. The third-order valence-corrected chi connectivity index (χ3v) is 4.80. The summed E-state index contributed by atoms with van der Waals surface area (Å²) in [5.74, 6) is 0.358. The highest BCUT2D eigenvalue weighted by Crippen LogP contribution is 2.23. The fourth-order valence-electron chi connectivity index (χ4n) is 2.24. The van der Waals surface area contributed by atoms with E-state index in [9.17, 15) is 14.9 Å². The van der Waals surface area contributed by atoms with Gasteiger partial charge in [-0.1, -0.05) is 0 Å². The van der Waals surface area contributed by atoms with E-state index in [0.29, 0.717) is 22.3 Å². The van der Waals surface area contributed by atoms with Gasteiger partial charge in [0.05, 0.1) is 10.7 Å². The zero-order valence-corrected chi connectivity index (χ0v) is 12.7. The Morgan fingerprint density at radius 1 is 1.48 bits per heavy atom. The van der Waals surface area contributed by atoms with Crippen molar-refractivity contribution in [2.75, 3.05) is 24.2 Å². The normalized spacial score (nSPS) is 15.7. The van der Waals surface area contributed by atoms with E-state index in [2.05, 4.69) is 10.6 Å². The van der Waals surface area contributed by atoms with Crippen molar-refractivity contribution in [2.45, 2.75) is 25.0 Å². The molecule has 1 heterocycles. The topological polar surface area (TPSA) is 84.3 Å². The second kappa shape index (κ2) is 7.42. The number of carbonyl (C=O) groups is 1. The van der Waals surface area contributed by atoms with Crippen molar-refractivity contribution in [3.8, 4) is 0 Å². The number of nitro benzene ring substituents is 1. The van der Waals surface area contributed by atoms with Gasteiger partial charge in [-0.15, -0.1) is 11.8 Å². The van der Waals surface area contributed by atoms with E-state index in [0.717, 1.165) is 25.9 Å². The zero-order valence-electron chi connectivity index (χ0n) is 11.9. The molecule has 1 amide bonds. The summed E-state index contributed by atoms with van der Waals surface area (Å²) >= 11 is 1.68. The van der Waals surface area contributed by atoms with Crippen LogP contribution in [0.15, 0.2) is 18.2 Å². The molecule has 114 valence electrons. The van der Waals surface area contributed by atoms with E-state index >= 15 is 0 Å². The lowest BCUT2D eigenvalue weighted by atomic mass is 10.2. The maximum absolute atomic E-state index is 11.9. The van der Waals surface area contributed by atoms with Gasteiger partial charge in [-0.2, -0.15) is 0 Å². The van der Waals surface area contributed by atoms with Gasteiger partial charge in [0.25, 0.3) is 5.69 Å². The first kappa shape index (κ1) is 15.8. The third-order valence-electron chi connectivity index (χ3n) is 3.43. The molecule has 1 aromatic rings. The first-order chi connectivity index (χ1) is 10.1. The van der Waals surface area contributed by atoms with Crippen molar-refractivity contribution in [2.24, 2.45) is 0 Å². The molecule has 7 heteroatoms. The Labute approximate surface area is 127 Å². The van der Waals surface area contributed by atoms with Crippen molar-refractivity contribution in [3.63, 3.8) is 0 Å². The van der Waals surface area contributed by atoms with E-state index in [-0.39, 0.29) is 11.6 Å². The van der Waals surface area contributed by atoms with Gasteiger partial charge in [0.15, 0.2) is 0 Å². The van der Waals surface area contributed by atoms with Gasteiger partial charge in [-0.05, 0) is 44.5 Å². The van der Waals surface area contributed by atoms with Crippen molar-refractivity contribution in [3.05, 3.63) is 33.9 Å². The maximum atomic E-state index is 11.9. The van der Waals surface area contributed by atoms with E-state index in [1.54, 1.807) is 24.8 Å². The van der Waals surface area contributed by atoms with Gasteiger partial charge in [-0.25, -0.2) is 0 Å². The molecule has 2 rings (SSSR count). The molecule has 0 bridgehead atoms. The second-order valence-corrected chi connectivity index (χ2v) is 6.35. The number of piperidine rings is 1. The molecule has 0 aromatic heterocycles. The molecule has 1 aliphatic rings. The van der Waals surface area contributed by atoms with Crippen LogP contribution in [0.5, 0.6) is 0 Å². The Bertz CT molecular complexity index is 530. The van der Waals surface area contributed by atoms with Gasteiger partial charge in [0.1, 0.15) is 0 Å². The Balaban J connectivity index is 1.85. The zero-order chi connectivity index (χ0) is 15.2. The lowest BCUT2D eigenvalue weighted by molar-refractivity contribution is -0.384. The number of hydrogen-bond donors (Lipinski definition) is 2. The second-order valence-electron chi connectivity index (χ2n) is 5.06. The molecule has 6 nitrogen and oxygen atoms in total. The van der Waals surface area contributed by atoms with Crippen molar-refractivity contribution >= 4 is 29.0 Å². The number of nitro groups is 1. The molecule has 1 aliphatic heterocycles. The number of non-ortho nitro benzene ring substituents is 1. The van der Waals surface area contributed by atoms with Gasteiger partial charge in [0.2, 0.25) is 5.91 Å². The Morgan fingerprint density at radius 3 is 2.81 bits per heavy atom. The van der Waals surface area contributed by atoms with Crippen LogP contribution in [-0.4, -0.2) is 34.9 Å². The summed E-state index contributed by atoms with van der Waals surface area (Å²) in [6.07, 6.45) is 2.18. The number of rotatable bonds is 5. The van der Waals surface area contributed by atoms with Crippen molar-refractivity contribution in [1.82, 2.24) is 5.32 Å². The summed E-state index contributed by atoms with van der Waals surface area (Å²) in [7, 11) is 0. The average molecular weight is 309 g/mol. The first-order valence-electron chi connectivity index (χ1n) is 6.93. The molecule has 21 heavy (non-hydrogen) atoms. The standard InChI is InChI=1S/C14H19N3O3S/c1-10-8-11(17(19)20)2-3-13(10)16-14(18)9-21-12-4-6-15-7-5-12/h2-3,8,12,15H,4-7,9H2,1H3,(H,16,18). The van der Waals surface area contributed by atoms with Crippen LogP contribution < -0.4 is 10.6 Å². The predicted octanol–water partition coefficient (Wildman–Crippen LogP) is 2.33. The monoisotopic (exact) mass is 309 g/mol. The Morgan fingerprint density at radius 2 is 2.19 bits per heavy atom. The van der Waals surface area contributed by atoms with E-state index in [1.807, 2.05) is 0 Å². The van der Waals surface area contributed by atoms with Crippen LogP contribution in [0.25, 0.3) is 0 Å². The lowest BCUT2D eigenvalue weighted by Gasteiger charge is -2.21. The fraction of sp³-hybridized carbons (Fsp3) is 0.500. The minimum Gasteiger partial charge on any atom is -0.325 e. The maximum Gasteiger partial charge on any atom is 0.269 e. The minimum absolute atomic E-state index is 0.0366. The summed E-state index contributed by atoms with van der Waals surface area (Å²) in [6, 6.07) is 4.46. The van der Waals surface area contributed by atoms with Crippen molar-refractivity contribution in [1.29, 1.82) is 0 Å². The fourth-order valence-corrected chi connectivity index (χ4v) is 3.27. The van der Waals surface area contributed by atoms with Gasteiger partial charge < -0.3 is 10.6 Å². The minimum atomic E-state index is -0.439. The van der Waals surface area contributed by atoms with Gasteiger partial charge in [-0.3, -0.25) is 14.9 Å². The van der Waals surface area contributed by atoms with Gasteiger partial charge in [0, 0.05) is 23.1 Å². The highest BCUT2D eigenvalue weighted by molar-refractivity contribution is 8.00. The quantitative estimate of drug-likeness (QED) is 0.644. The van der Waals surface area contributed by atoms with Crippen LogP contribution in [0.3, 0.4) is 0 Å². The number of carbonyl (C=O) groups excluding carboxylic acids is 1. The third kappa shape index (κ3) is 4.71. The number of nitrogens with zero attached hydrogens (tertiary/aromatic N) is 1. The van der Waals surface area contributed by atoms with E-state index in [1.165, 1.54) is 12.1 Å². The molecule has 1 aromatic carbocycles. The highest BCUT2D eigenvalue weighted by Gasteiger charge is 2.15. The first-order valence-corrected chi connectivity index (χ1v) is 7.98. The smallest absolute Gasteiger partial charge is 0.269 e. The molecule has 0 spiro atoms. The number of amides is 1. The number of benzene rings is 1. The van der Waals surface area contributed by atoms with Crippen LogP contribution in [0, 0.1) is 17.0 Å². The molecular formula is C14H19N3O3S. The lowest BCUT2D eigenvalue weighted by Crippen LogP contribution is -2.30. The largest absolute Gasteiger partial charge is 0.325 e. The van der Waals surface area contributed by atoms with Crippen LogP contribution in [-0.2, 0) is 4.79 Å². The number of thioether (sulfide) groups is 1.